The quantitative estimate of drug-likeness (QED) is 0.521. The fourth-order valence-corrected chi connectivity index (χ4v) is 4.76. The van der Waals surface area contributed by atoms with Gasteiger partial charge in [-0.15, -0.1) is 0 Å². The number of benzene rings is 3. The number of carbonyl (C=O) groups excluding carboxylic acids is 2. The highest BCUT2D eigenvalue weighted by Gasteiger charge is 2.27. The lowest BCUT2D eigenvalue weighted by atomic mass is 9.94. The molecule has 2 N–H and O–H groups in total. The Morgan fingerprint density at radius 2 is 1.75 bits per heavy atom. The zero-order valence-corrected chi connectivity index (χ0v) is 17.8. The van der Waals surface area contributed by atoms with Gasteiger partial charge in [-0.1, -0.05) is 12.1 Å². The van der Waals surface area contributed by atoms with E-state index in [-0.39, 0.29) is 11.7 Å². The second-order valence-corrected chi connectivity index (χ2v) is 8.31. The highest BCUT2D eigenvalue weighted by Crippen LogP contribution is 2.42. The summed E-state index contributed by atoms with van der Waals surface area (Å²) >= 11 is 0. The van der Waals surface area contributed by atoms with Crippen LogP contribution in [0.2, 0.25) is 0 Å². The van der Waals surface area contributed by atoms with Crippen LogP contribution in [0.15, 0.2) is 48.5 Å². The van der Waals surface area contributed by atoms with E-state index in [1.165, 1.54) is 13.2 Å². The van der Waals surface area contributed by atoms with E-state index in [4.69, 9.17) is 10.5 Å². The van der Waals surface area contributed by atoms with Crippen molar-refractivity contribution >= 4 is 11.8 Å². The number of carbonyl (C=O) groups is 2. The molecular formula is C26H23FN2O3. The number of halogens is 1. The molecule has 162 valence electrons. The van der Waals surface area contributed by atoms with Crippen LogP contribution in [0.25, 0.3) is 22.3 Å². The normalized spacial score (nSPS) is 14.2. The number of methoxy groups -OCH3 is 1. The topological polar surface area (TPSA) is 72.6 Å². The Kier molecular flexibility index (Phi) is 4.93. The molecule has 3 aromatic carbocycles. The van der Waals surface area contributed by atoms with Crippen LogP contribution < -0.4 is 10.5 Å². The van der Waals surface area contributed by atoms with Gasteiger partial charge in [-0.3, -0.25) is 9.59 Å². The van der Waals surface area contributed by atoms with Crippen molar-refractivity contribution in [2.75, 3.05) is 20.2 Å². The van der Waals surface area contributed by atoms with Gasteiger partial charge in [0.25, 0.3) is 5.91 Å². The van der Waals surface area contributed by atoms with Gasteiger partial charge < -0.3 is 15.4 Å². The molecule has 2 amide bonds. The summed E-state index contributed by atoms with van der Waals surface area (Å²) in [5.41, 5.74) is 11.8. The van der Waals surface area contributed by atoms with E-state index >= 15 is 0 Å². The van der Waals surface area contributed by atoms with Gasteiger partial charge in [0.2, 0.25) is 5.91 Å². The number of hydrogen-bond donors (Lipinski definition) is 1. The second kappa shape index (κ2) is 7.79. The van der Waals surface area contributed by atoms with Crippen LogP contribution in [0.4, 0.5) is 4.39 Å². The van der Waals surface area contributed by atoms with Crippen LogP contribution >= 0.6 is 0 Å². The average molecular weight is 430 g/mol. The summed E-state index contributed by atoms with van der Waals surface area (Å²) in [7, 11) is 1.42. The molecule has 0 spiro atoms. The minimum Gasteiger partial charge on any atom is -0.494 e. The maximum atomic E-state index is 14.3. The first-order chi connectivity index (χ1) is 15.5. The van der Waals surface area contributed by atoms with E-state index in [1.54, 1.807) is 18.2 Å². The van der Waals surface area contributed by atoms with Crippen LogP contribution in [0.1, 0.15) is 44.7 Å². The smallest absolute Gasteiger partial charge is 0.253 e. The molecule has 0 radical (unpaired) electrons. The molecule has 0 atom stereocenters. The summed E-state index contributed by atoms with van der Waals surface area (Å²) in [6, 6.07) is 14.1. The van der Waals surface area contributed by atoms with Gasteiger partial charge in [0, 0.05) is 24.2 Å². The molecular weight excluding hydrogens is 407 g/mol. The van der Waals surface area contributed by atoms with Gasteiger partial charge in [0.15, 0.2) is 11.6 Å². The molecule has 1 aliphatic carbocycles. The number of hydrogen-bond acceptors (Lipinski definition) is 3. The van der Waals surface area contributed by atoms with Gasteiger partial charge in [-0.05, 0) is 89.0 Å². The Hall–Kier alpha value is -3.67. The first-order valence-corrected chi connectivity index (χ1v) is 10.7. The van der Waals surface area contributed by atoms with E-state index in [0.717, 1.165) is 48.2 Å². The molecule has 6 heteroatoms. The third-order valence-electron chi connectivity index (χ3n) is 6.40. The van der Waals surface area contributed by atoms with Crippen molar-refractivity contribution in [1.29, 1.82) is 0 Å². The van der Waals surface area contributed by atoms with Gasteiger partial charge in [-0.25, -0.2) is 4.39 Å². The van der Waals surface area contributed by atoms with E-state index in [1.807, 2.05) is 29.2 Å². The molecule has 5 nitrogen and oxygen atoms in total. The molecule has 0 unspecified atom stereocenters. The number of ether oxygens (including phenoxy) is 1. The Morgan fingerprint density at radius 3 is 2.44 bits per heavy atom. The van der Waals surface area contributed by atoms with Crippen molar-refractivity contribution in [3.8, 4) is 28.0 Å². The summed E-state index contributed by atoms with van der Waals surface area (Å²) in [5.74, 6) is -0.800. The van der Waals surface area contributed by atoms with Crippen molar-refractivity contribution < 1.29 is 18.7 Å². The summed E-state index contributed by atoms with van der Waals surface area (Å²) in [5, 5.41) is 0. The van der Waals surface area contributed by atoms with Crippen LogP contribution in [-0.4, -0.2) is 36.9 Å². The van der Waals surface area contributed by atoms with Gasteiger partial charge >= 0.3 is 0 Å². The zero-order chi connectivity index (χ0) is 22.4. The molecule has 0 bridgehead atoms. The minimum absolute atomic E-state index is 0.0470. The Labute approximate surface area is 185 Å². The first kappa shape index (κ1) is 20.2. The number of fused-ring (bicyclic) bond motifs is 3. The van der Waals surface area contributed by atoms with Gasteiger partial charge in [0.05, 0.1) is 7.11 Å². The van der Waals surface area contributed by atoms with E-state index in [9.17, 15) is 14.0 Å². The molecule has 1 saturated heterocycles. The Balaban J connectivity index is 1.58. The lowest BCUT2D eigenvalue weighted by Crippen LogP contribution is -2.27. The van der Waals surface area contributed by atoms with E-state index in [2.05, 4.69) is 0 Å². The van der Waals surface area contributed by atoms with Crippen molar-refractivity contribution in [2.24, 2.45) is 5.73 Å². The molecule has 0 aromatic heterocycles. The number of nitrogens with two attached hydrogens (primary N) is 1. The predicted molar refractivity (Wildman–Crippen MR) is 120 cm³/mol. The number of rotatable bonds is 4. The number of likely N-dealkylation sites (tertiary alicyclic amines) is 1. The third kappa shape index (κ3) is 3.32. The SMILES string of the molecule is COc1ccc(-c2cc(C(N)=O)c3c(c2)-c2ccc(C(=O)N4CCCC4)cc2C3)cc1F. The van der Waals surface area contributed by atoms with Crippen molar-refractivity contribution in [1.82, 2.24) is 4.90 Å². The van der Waals surface area contributed by atoms with Crippen molar-refractivity contribution in [3.63, 3.8) is 0 Å². The molecule has 1 fully saturated rings. The fraction of sp³-hybridized carbons (Fsp3) is 0.231. The monoisotopic (exact) mass is 430 g/mol. The number of nitrogens with zero attached hydrogens (tertiary/aromatic N) is 1. The Bertz CT molecular complexity index is 1260. The van der Waals surface area contributed by atoms with E-state index < -0.39 is 11.7 Å². The lowest BCUT2D eigenvalue weighted by molar-refractivity contribution is 0.0792. The number of primary amides is 1. The summed E-state index contributed by atoms with van der Waals surface area (Å²) in [6.07, 6.45) is 2.61. The minimum atomic E-state index is -0.529. The van der Waals surface area contributed by atoms with Crippen molar-refractivity contribution in [3.05, 3.63) is 76.6 Å². The molecule has 32 heavy (non-hydrogen) atoms. The molecule has 5 rings (SSSR count). The van der Waals surface area contributed by atoms with E-state index in [0.29, 0.717) is 28.7 Å². The average Bonchev–Trinajstić information content (AvgIpc) is 3.45. The maximum absolute atomic E-state index is 14.3. The maximum Gasteiger partial charge on any atom is 0.253 e. The largest absolute Gasteiger partial charge is 0.494 e. The Morgan fingerprint density at radius 1 is 0.969 bits per heavy atom. The zero-order valence-electron chi connectivity index (χ0n) is 17.8. The number of amides is 2. The highest BCUT2D eigenvalue weighted by molar-refractivity contribution is 6.01. The highest BCUT2D eigenvalue weighted by atomic mass is 19.1. The van der Waals surface area contributed by atoms with Crippen LogP contribution in [-0.2, 0) is 6.42 Å². The molecule has 3 aromatic rings. The predicted octanol–water partition coefficient (Wildman–Crippen LogP) is 4.41. The molecule has 2 aliphatic rings. The first-order valence-electron chi connectivity index (χ1n) is 10.7. The summed E-state index contributed by atoms with van der Waals surface area (Å²) in [4.78, 5) is 27.0. The van der Waals surface area contributed by atoms with Crippen LogP contribution in [0.5, 0.6) is 5.75 Å². The summed E-state index contributed by atoms with van der Waals surface area (Å²) in [6.45, 7) is 1.59. The molecule has 1 heterocycles. The molecule has 0 saturated carbocycles. The van der Waals surface area contributed by atoms with Gasteiger partial charge in [-0.2, -0.15) is 0 Å². The van der Waals surface area contributed by atoms with Crippen LogP contribution in [0.3, 0.4) is 0 Å². The summed E-state index contributed by atoms with van der Waals surface area (Å²) < 4.78 is 19.3. The van der Waals surface area contributed by atoms with Crippen LogP contribution in [0, 0.1) is 5.82 Å². The lowest BCUT2D eigenvalue weighted by Gasteiger charge is -2.15. The van der Waals surface area contributed by atoms with Crippen molar-refractivity contribution in [2.45, 2.75) is 19.3 Å². The fourth-order valence-electron chi connectivity index (χ4n) is 4.76. The second-order valence-electron chi connectivity index (χ2n) is 8.31. The molecule has 1 aliphatic heterocycles. The standard InChI is InChI=1S/C26H23FN2O3/c1-32-24-7-5-15(14-23(24)27)17-11-20-19-6-4-16(26(31)29-8-2-3-9-29)10-18(19)13-21(20)22(12-17)25(28)30/h4-7,10-12,14H,2-3,8-9,13H2,1H3,(H2,28,30). The van der Waals surface area contributed by atoms with Gasteiger partial charge in [0.1, 0.15) is 0 Å². The third-order valence-corrected chi connectivity index (χ3v) is 6.40.